The van der Waals surface area contributed by atoms with Crippen molar-refractivity contribution in [3.05, 3.63) is 36.1 Å². The van der Waals surface area contributed by atoms with E-state index in [0.717, 1.165) is 16.5 Å². The minimum atomic E-state index is -1.02. The van der Waals surface area contributed by atoms with Gasteiger partial charge in [-0.25, -0.2) is 0 Å². The average molecular weight is 247 g/mol. The molecule has 0 bridgehead atoms. The third-order valence-electron chi connectivity index (χ3n) is 3.60. The van der Waals surface area contributed by atoms with Gasteiger partial charge in [0.1, 0.15) is 11.6 Å². The van der Waals surface area contributed by atoms with Gasteiger partial charge >= 0.3 is 5.97 Å². The first kappa shape index (κ1) is 11.3. The summed E-state index contributed by atoms with van der Waals surface area (Å²) in [6.07, 6.45) is 1.59. The molecule has 1 aliphatic heterocycles. The summed E-state index contributed by atoms with van der Waals surface area (Å²) in [5.74, 6) is -1.02. The van der Waals surface area contributed by atoms with Crippen molar-refractivity contribution >= 4 is 16.9 Å². The first-order valence-corrected chi connectivity index (χ1v) is 5.68. The fourth-order valence-electron chi connectivity index (χ4n) is 2.42. The largest absolute Gasteiger partial charge is 0.480 e. The van der Waals surface area contributed by atoms with Crippen molar-refractivity contribution in [2.24, 2.45) is 5.73 Å². The van der Waals surface area contributed by atoms with E-state index in [1.54, 1.807) is 6.26 Å². The van der Waals surface area contributed by atoms with Crippen molar-refractivity contribution in [2.75, 3.05) is 13.2 Å². The third-order valence-corrected chi connectivity index (χ3v) is 3.60. The second-order valence-corrected chi connectivity index (χ2v) is 4.61. The molecule has 5 heteroatoms. The SMILES string of the molecule is NC(C(=O)O)C1(c2coc3ccccc23)COC1. The normalized spacial score (nSPS) is 19.4. The van der Waals surface area contributed by atoms with Gasteiger partial charge in [0.05, 0.1) is 24.9 Å². The van der Waals surface area contributed by atoms with E-state index in [2.05, 4.69) is 0 Å². The van der Waals surface area contributed by atoms with E-state index >= 15 is 0 Å². The number of aliphatic carboxylic acids is 1. The molecule has 5 nitrogen and oxygen atoms in total. The van der Waals surface area contributed by atoms with Crippen LogP contribution in [0.2, 0.25) is 0 Å². The molecule has 2 aromatic rings. The highest BCUT2D eigenvalue weighted by molar-refractivity contribution is 5.85. The summed E-state index contributed by atoms with van der Waals surface area (Å²) < 4.78 is 10.7. The first-order valence-electron chi connectivity index (χ1n) is 5.68. The molecular weight excluding hydrogens is 234 g/mol. The van der Waals surface area contributed by atoms with Gasteiger partial charge in [-0.15, -0.1) is 0 Å². The molecule has 0 aliphatic carbocycles. The van der Waals surface area contributed by atoms with Crippen LogP contribution in [-0.4, -0.2) is 30.3 Å². The van der Waals surface area contributed by atoms with Gasteiger partial charge in [-0.3, -0.25) is 4.79 Å². The fraction of sp³-hybridized carbons (Fsp3) is 0.308. The number of carboxylic acid groups (broad SMARTS) is 1. The topological polar surface area (TPSA) is 85.7 Å². The number of benzene rings is 1. The summed E-state index contributed by atoms with van der Waals surface area (Å²) >= 11 is 0. The molecule has 1 aromatic heterocycles. The summed E-state index contributed by atoms with van der Waals surface area (Å²) in [5, 5.41) is 10.0. The highest BCUT2D eigenvalue weighted by atomic mass is 16.5. The minimum absolute atomic E-state index is 0.310. The van der Waals surface area contributed by atoms with Crippen molar-refractivity contribution in [1.82, 2.24) is 0 Å². The van der Waals surface area contributed by atoms with Crippen molar-refractivity contribution in [2.45, 2.75) is 11.5 Å². The maximum absolute atomic E-state index is 11.2. The fourth-order valence-corrected chi connectivity index (χ4v) is 2.42. The zero-order valence-electron chi connectivity index (χ0n) is 9.63. The van der Waals surface area contributed by atoms with Gasteiger partial charge in [0.15, 0.2) is 0 Å². The maximum Gasteiger partial charge on any atom is 0.321 e. The van der Waals surface area contributed by atoms with E-state index in [1.807, 2.05) is 24.3 Å². The van der Waals surface area contributed by atoms with Crippen LogP contribution in [0.25, 0.3) is 11.0 Å². The van der Waals surface area contributed by atoms with Crippen LogP contribution in [0.1, 0.15) is 5.56 Å². The van der Waals surface area contributed by atoms with Crippen LogP contribution >= 0.6 is 0 Å². The van der Waals surface area contributed by atoms with Gasteiger partial charge in [0.2, 0.25) is 0 Å². The Morgan fingerprint density at radius 2 is 2.11 bits per heavy atom. The number of para-hydroxylation sites is 1. The van der Waals surface area contributed by atoms with E-state index < -0.39 is 17.4 Å². The molecule has 0 saturated carbocycles. The van der Waals surface area contributed by atoms with E-state index in [-0.39, 0.29) is 0 Å². The summed E-state index contributed by atoms with van der Waals surface area (Å²) in [7, 11) is 0. The van der Waals surface area contributed by atoms with Crippen molar-refractivity contribution in [3.63, 3.8) is 0 Å². The Hall–Kier alpha value is -1.85. The van der Waals surface area contributed by atoms with Crippen molar-refractivity contribution in [1.29, 1.82) is 0 Å². The van der Waals surface area contributed by atoms with E-state index in [1.165, 1.54) is 0 Å². The maximum atomic E-state index is 11.2. The lowest BCUT2D eigenvalue weighted by Crippen LogP contribution is -2.61. The van der Waals surface area contributed by atoms with E-state index in [0.29, 0.717) is 13.2 Å². The number of carbonyl (C=O) groups is 1. The van der Waals surface area contributed by atoms with Crippen LogP contribution in [0, 0.1) is 0 Å². The Morgan fingerprint density at radius 3 is 2.72 bits per heavy atom. The molecule has 0 amide bonds. The molecule has 18 heavy (non-hydrogen) atoms. The number of furan rings is 1. The van der Waals surface area contributed by atoms with Gasteiger partial charge in [0, 0.05) is 10.9 Å². The Balaban J connectivity index is 2.14. The van der Waals surface area contributed by atoms with E-state index in [9.17, 15) is 4.79 Å². The molecule has 2 heterocycles. The predicted octanol–water partition coefficient (Wildman–Crippen LogP) is 1.11. The second kappa shape index (κ2) is 3.83. The highest BCUT2D eigenvalue weighted by Crippen LogP contribution is 2.39. The lowest BCUT2D eigenvalue weighted by Gasteiger charge is -2.43. The number of rotatable bonds is 3. The lowest BCUT2D eigenvalue weighted by atomic mass is 9.72. The summed E-state index contributed by atoms with van der Waals surface area (Å²) in [6, 6.07) is 6.52. The predicted molar refractivity (Wildman–Crippen MR) is 64.3 cm³/mol. The zero-order chi connectivity index (χ0) is 12.8. The molecule has 1 aliphatic rings. The van der Waals surface area contributed by atoms with Crippen LogP contribution in [0.15, 0.2) is 34.9 Å². The minimum Gasteiger partial charge on any atom is -0.480 e. The molecule has 1 atom stereocenters. The van der Waals surface area contributed by atoms with E-state index in [4.69, 9.17) is 20.0 Å². The number of carboxylic acids is 1. The number of nitrogens with two attached hydrogens (primary N) is 1. The standard InChI is InChI=1S/C13H13NO4/c14-11(12(15)16)13(6-17-7-13)9-5-18-10-4-2-1-3-8(9)10/h1-5,11H,6-7,14H2,(H,15,16). The van der Waals surface area contributed by atoms with Gasteiger partial charge in [-0.1, -0.05) is 18.2 Å². The van der Waals surface area contributed by atoms with Crippen LogP contribution in [0.4, 0.5) is 0 Å². The zero-order valence-corrected chi connectivity index (χ0v) is 9.63. The molecular formula is C13H13NO4. The van der Waals surface area contributed by atoms with Gasteiger partial charge in [-0.2, -0.15) is 0 Å². The van der Waals surface area contributed by atoms with Crippen LogP contribution in [-0.2, 0) is 14.9 Å². The molecule has 1 unspecified atom stereocenters. The summed E-state index contributed by atoms with van der Waals surface area (Å²) in [6.45, 7) is 0.619. The van der Waals surface area contributed by atoms with Crippen LogP contribution in [0.5, 0.6) is 0 Å². The summed E-state index contributed by atoms with van der Waals surface area (Å²) in [5.41, 5.74) is 6.69. The molecule has 0 radical (unpaired) electrons. The molecule has 1 aromatic carbocycles. The molecule has 3 rings (SSSR count). The van der Waals surface area contributed by atoms with Crippen molar-refractivity contribution in [3.8, 4) is 0 Å². The van der Waals surface area contributed by atoms with Crippen LogP contribution < -0.4 is 5.73 Å². The lowest BCUT2D eigenvalue weighted by molar-refractivity contribution is -0.148. The average Bonchev–Trinajstić information content (AvgIpc) is 2.72. The number of hydrogen-bond acceptors (Lipinski definition) is 4. The molecule has 1 fully saturated rings. The van der Waals surface area contributed by atoms with Crippen molar-refractivity contribution < 1.29 is 19.1 Å². The Kier molecular flexibility index (Phi) is 2.39. The van der Waals surface area contributed by atoms with Gasteiger partial charge in [-0.05, 0) is 6.07 Å². The number of hydrogen-bond donors (Lipinski definition) is 2. The number of fused-ring (bicyclic) bond motifs is 1. The second-order valence-electron chi connectivity index (χ2n) is 4.61. The summed E-state index contributed by atoms with van der Waals surface area (Å²) in [4.78, 5) is 11.2. The molecule has 1 saturated heterocycles. The quantitative estimate of drug-likeness (QED) is 0.848. The van der Waals surface area contributed by atoms with Gasteiger partial charge < -0.3 is 20.0 Å². The first-order chi connectivity index (χ1) is 8.65. The monoisotopic (exact) mass is 247 g/mol. The smallest absolute Gasteiger partial charge is 0.321 e. The third kappa shape index (κ3) is 1.38. The van der Waals surface area contributed by atoms with Gasteiger partial charge in [0.25, 0.3) is 0 Å². The Morgan fingerprint density at radius 1 is 1.39 bits per heavy atom. The molecule has 0 spiro atoms. The Labute approximate surface area is 103 Å². The Bertz CT molecular complexity index is 600. The number of ether oxygens (including phenoxy) is 1. The van der Waals surface area contributed by atoms with Crippen LogP contribution in [0.3, 0.4) is 0 Å². The highest BCUT2D eigenvalue weighted by Gasteiger charge is 2.50. The molecule has 3 N–H and O–H groups in total. The molecule has 94 valence electrons.